The maximum atomic E-state index is 3.17. The largest absolute Gasteiger partial charge is 0.318 e. The molecule has 12 heavy (non-hydrogen) atoms. The fraction of sp³-hybridized carbons (Fsp3) is 1.00. The van der Waals surface area contributed by atoms with E-state index < -0.39 is 0 Å². The summed E-state index contributed by atoms with van der Waals surface area (Å²) in [7, 11) is 8.70. The fourth-order valence-electron chi connectivity index (χ4n) is 1.73. The molecule has 0 radical (unpaired) electrons. The number of rotatable bonds is 4. The summed E-state index contributed by atoms with van der Waals surface area (Å²) in [6.45, 7) is 3.46. The second-order valence-electron chi connectivity index (χ2n) is 3.83. The molecule has 1 aliphatic rings. The minimum atomic E-state index is 0.729. The van der Waals surface area contributed by atoms with E-state index in [1.165, 1.54) is 6.54 Å². The van der Waals surface area contributed by atoms with Gasteiger partial charge in [-0.3, -0.25) is 0 Å². The summed E-state index contributed by atoms with van der Waals surface area (Å²) >= 11 is 0. The molecule has 0 aromatic carbocycles. The molecule has 2 atom stereocenters. The van der Waals surface area contributed by atoms with Crippen molar-refractivity contribution in [1.82, 2.24) is 15.1 Å². The Hall–Kier alpha value is -0.0551. The van der Waals surface area contributed by atoms with E-state index >= 15 is 0 Å². The van der Waals surface area contributed by atoms with Gasteiger partial charge in [0.2, 0.25) is 0 Å². The molecule has 1 fully saturated rings. The Labute approximate surface area is 76.5 Å². The van der Waals surface area contributed by atoms with Crippen LogP contribution in [0.15, 0.2) is 0 Å². The van der Waals surface area contributed by atoms with Gasteiger partial charge >= 0.3 is 0 Å². The first-order valence-electron chi connectivity index (χ1n) is 4.72. The van der Waals surface area contributed by atoms with E-state index in [0.717, 1.165) is 25.1 Å². The quantitative estimate of drug-likeness (QED) is 0.512. The molecule has 1 aliphatic heterocycles. The van der Waals surface area contributed by atoms with Crippen LogP contribution in [-0.2, 0) is 0 Å². The summed E-state index contributed by atoms with van der Waals surface area (Å²) in [4.78, 5) is 4.84. The van der Waals surface area contributed by atoms with Gasteiger partial charge in [-0.05, 0) is 27.1 Å². The van der Waals surface area contributed by atoms with Crippen molar-refractivity contribution < 1.29 is 0 Å². The zero-order valence-electron chi connectivity index (χ0n) is 8.67. The molecule has 0 aliphatic carbocycles. The molecule has 70 valence electrons. The van der Waals surface area contributed by atoms with Crippen LogP contribution in [0, 0.1) is 0 Å². The summed E-state index contributed by atoms with van der Waals surface area (Å²) in [5.41, 5.74) is 0. The van der Waals surface area contributed by atoms with Gasteiger partial charge in [-0.2, -0.15) is 0 Å². The molecule has 0 aromatic rings. The van der Waals surface area contributed by atoms with Gasteiger partial charge in [0.15, 0.2) is 0 Å². The topological polar surface area (TPSA) is 18.5 Å². The van der Waals surface area contributed by atoms with Crippen molar-refractivity contribution in [3.05, 3.63) is 0 Å². The van der Waals surface area contributed by atoms with Crippen LogP contribution >= 0.6 is 0 Å². The maximum Gasteiger partial charge on any atom is 0.125 e. The molecule has 1 saturated heterocycles. The lowest BCUT2D eigenvalue weighted by Gasteiger charge is -2.49. The van der Waals surface area contributed by atoms with Gasteiger partial charge < -0.3 is 15.1 Å². The number of likely N-dealkylation sites (tertiary alicyclic amines) is 1. The van der Waals surface area contributed by atoms with E-state index in [0.29, 0.717) is 0 Å². The van der Waals surface area contributed by atoms with Crippen molar-refractivity contribution in [2.45, 2.75) is 12.0 Å². The first-order chi connectivity index (χ1) is 5.66. The number of nitrogens with zero attached hydrogens (tertiary/aromatic N) is 2. The Bertz CT molecular complexity index is 142. The molecule has 4 heteroatoms. The van der Waals surface area contributed by atoms with E-state index in [-0.39, 0.29) is 0 Å². The van der Waals surface area contributed by atoms with E-state index in [2.05, 4.69) is 37.1 Å². The molecule has 1 N–H and O–H groups in total. The van der Waals surface area contributed by atoms with Crippen LogP contribution in [-0.4, -0.2) is 70.4 Å². The predicted octanol–water partition coefficient (Wildman–Crippen LogP) is -1.59. The molecule has 1 rings (SSSR count). The zero-order valence-corrected chi connectivity index (χ0v) is 8.67. The third kappa shape index (κ3) is 2.00. The molecule has 1 heterocycles. The van der Waals surface area contributed by atoms with Gasteiger partial charge in [0.05, 0.1) is 0 Å². The lowest BCUT2D eigenvalue weighted by Crippen LogP contribution is -2.65. The van der Waals surface area contributed by atoms with Gasteiger partial charge in [-0.15, -0.1) is 0 Å². The molecule has 0 amide bonds. The summed E-state index contributed by atoms with van der Waals surface area (Å²) in [6, 6.07) is 0.767. The average molecular weight is 169 g/mol. The van der Waals surface area contributed by atoms with Crippen LogP contribution < -0.4 is 5.32 Å². The second kappa shape index (κ2) is 4.26. The van der Waals surface area contributed by atoms with Crippen LogP contribution in [0.1, 0.15) is 0 Å². The number of likely N-dealkylation sites (N-methyl/N-ethyl adjacent to an activating group) is 3. The van der Waals surface area contributed by atoms with Crippen LogP contribution in [0.5, 0.6) is 0 Å². The average Bonchev–Trinajstić information content (AvgIpc) is 2.09. The number of hydrogen-bond donors (Lipinski definition) is 1. The van der Waals surface area contributed by atoms with Crippen molar-refractivity contribution in [3.8, 4) is 0 Å². The number of hydrogen-bond acceptors (Lipinski definition) is 3. The molecule has 0 aromatic heterocycles. The molecule has 3 nitrogen and oxygen atoms in total. The highest BCUT2D eigenvalue weighted by Gasteiger charge is 2.34. The highest BCUT2D eigenvalue weighted by Crippen LogP contribution is 2.16. The van der Waals surface area contributed by atoms with Gasteiger partial charge in [-0.25, -0.2) is 0 Å². The lowest BCUT2D eigenvalue weighted by molar-refractivity contribution is 0.0463. The third-order valence-corrected chi connectivity index (χ3v) is 3.01. The molecule has 0 spiro atoms. The Morgan fingerprint density at radius 3 is 2.75 bits per heavy atom. The van der Waals surface area contributed by atoms with Crippen molar-refractivity contribution in [1.29, 1.82) is 0 Å². The molecule has 2 unspecified atom stereocenters. The Morgan fingerprint density at radius 1 is 1.67 bits per heavy atom. The van der Waals surface area contributed by atoms with E-state index in [9.17, 15) is 0 Å². The van der Waals surface area contributed by atoms with Crippen LogP contribution in [0.2, 0.25) is 0 Å². The van der Waals surface area contributed by atoms with Crippen LogP contribution in [0.3, 0.4) is 0 Å². The van der Waals surface area contributed by atoms with Gasteiger partial charge in [0, 0.05) is 25.7 Å². The standard InChI is InChI=1S/C8H20BN3/c1-10-4-5-11(2)7-6-12(3)8(7)9/h7-8,10H,4-6,9H2,1-3H3. The van der Waals surface area contributed by atoms with Gasteiger partial charge in [0.1, 0.15) is 7.85 Å². The highest BCUT2D eigenvalue weighted by atomic mass is 15.3. The van der Waals surface area contributed by atoms with Crippen molar-refractivity contribution >= 4 is 7.85 Å². The molecule has 0 bridgehead atoms. The first-order valence-corrected chi connectivity index (χ1v) is 4.72. The summed E-state index contributed by atoms with van der Waals surface area (Å²) < 4.78 is 0. The van der Waals surface area contributed by atoms with Crippen molar-refractivity contribution in [2.75, 3.05) is 40.8 Å². The third-order valence-electron chi connectivity index (χ3n) is 3.01. The fourth-order valence-corrected chi connectivity index (χ4v) is 1.73. The smallest absolute Gasteiger partial charge is 0.125 e. The second-order valence-corrected chi connectivity index (χ2v) is 3.83. The normalized spacial score (nSPS) is 30.7. The minimum Gasteiger partial charge on any atom is -0.318 e. The summed E-state index contributed by atoms with van der Waals surface area (Å²) in [5.74, 6) is 0.729. The monoisotopic (exact) mass is 169 g/mol. The lowest BCUT2D eigenvalue weighted by atomic mass is 9.80. The van der Waals surface area contributed by atoms with Crippen LogP contribution in [0.25, 0.3) is 0 Å². The summed E-state index contributed by atoms with van der Waals surface area (Å²) in [6.07, 6.45) is 0. The first kappa shape index (κ1) is 10.0. The van der Waals surface area contributed by atoms with Crippen molar-refractivity contribution in [2.24, 2.45) is 0 Å². The molecular weight excluding hydrogens is 149 g/mol. The Morgan fingerprint density at radius 2 is 2.33 bits per heavy atom. The van der Waals surface area contributed by atoms with Gasteiger partial charge in [-0.1, -0.05) is 0 Å². The maximum absolute atomic E-state index is 3.17. The number of nitrogens with one attached hydrogen (secondary N) is 1. The van der Waals surface area contributed by atoms with Crippen LogP contribution in [0.4, 0.5) is 0 Å². The SMILES string of the molecule is BC1C(N(C)CCNC)CN1C. The zero-order chi connectivity index (χ0) is 9.14. The summed E-state index contributed by atoms with van der Waals surface area (Å²) in [5, 5.41) is 3.17. The van der Waals surface area contributed by atoms with E-state index in [1.807, 2.05) is 7.05 Å². The molecule has 0 saturated carbocycles. The highest BCUT2D eigenvalue weighted by molar-refractivity contribution is 6.12. The molecular formula is C8H20BN3. The van der Waals surface area contributed by atoms with Crippen molar-refractivity contribution in [3.63, 3.8) is 0 Å². The Balaban J connectivity index is 2.20. The minimum absolute atomic E-state index is 0.729. The van der Waals surface area contributed by atoms with Gasteiger partial charge in [0.25, 0.3) is 0 Å². The van der Waals surface area contributed by atoms with E-state index in [1.54, 1.807) is 0 Å². The predicted molar refractivity (Wildman–Crippen MR) is 55.3 cm³/mol. The Kier molecular flexibility index (Phi) is 3.56. The van der Waals surface area contributed by atoms with E-state index in [4.69, 9.17) is 0 Å².